The molecule has 0 spiro atoms. The van der Waals surface area contributed by atoms with Crippen molar-refractivity contribution in [2.75, 3.05) is 45.2 Å². The van der Waals surface area contributed by atoms with Crippen LogP contribution in [0.2, 0.25) is 15.1 Å². The number of urea groups is 1. The monoisotopic (exact) mass is 564 g/mol. The second kappa shape index (κ2) is 11.5. The molecule has 0 radical (unpaired) electrons. The highest BCUT2D eigenvalue weighted by Crippen LogP contribution is 2.36. The largest absolute Gasteiger partial charge is 0.343 e. The minimum Gasteiger partial charge on any atom is -0.343 e. The van der Waals surface area contributed by atoms with E-state index in [9.17, 15) is 14.4 Å². The first-order valence-electron chi connectivity index (χ1n) is 12.3. The average molecular weight is 566 g/mol. The van der Waals surface area contributed by atoms with E-state index in [-0.39, 0.29) is 35.7 Å². The number of hydrogen-bond acceptors (Lipinski definition) is 3. The van der Waals surface area contributed by atoms with Crippen LogP contribution in [-0.2, 0) is 9.59 Å². The van der Waals surface area contributed by atoms with Crippen LogP contribution in [0.3, 0.4) is 0 Å². The van der Waals surface area contributed by atoms with Crippen LogP contribution in [-0.4, -0.2) is 78.9 Å². The van der Waals surface area contributed by atoms with Crippen molar-refractivity contribution in [1.29, 1.82) is 0 Å². The number of anilines is 1. The predicted molar refractivity (Wildman–Crippen MR) is 148 cm³/mol. The van der Waals surface area contributed by atoms with Crippen LogP contribution in [0.15, 0.2) is 42.5 Å². The molecule has 2 saturated heterocycles. The Bertz CT molecular complexity index is 1170. The lowest BCUT2D eigenvalue weighted by Crippen LogP contribution is -2.48. The maximum Gasteiger partial charge on any atom is 0.324 e. The number of hydrogen-bond donors (Lipinski definition) is 0. The summed E-state index contributed by atoms with van der Waals surface area (Å²) in [7, 11) is 3.49. The quantitative estimate of drug-likeness (QED) is 0.500. The molecule has 2 aromatic rings. The van der Waals surface area contributed by atoms with E-state index in [4.69, 9.17) is 34.8 Å². The van der Waals surface area contributed by atoms with E-state index in [0.717, 1.165) is 11.3 Å². The molecule has 4 amide bonds. The number of benzene rings is 2. The Morgan fingerprint density at radius 2 is 1.51 bits per heavy atom. The fraction of sp³-hybridized carbons (Fsp3) is 0.444. The van der Waals surface area contributed by atoms with E-state index in [1.165, 1.54) is 0 Å². The van der Waals surface area contributed by atoms with Crippen molar-refractivity contribution in [3.05, 3.63) is 63.1 Å². The van der Waals surface area contributed by atoms with E-state index < -0.39 is 0 Å². The van der Waals surface area contributed by atoms with Crippen molar-refractivity contribution in [2.45, 2.75) is 31.7 Å². The van der Waals surface area contributed by atoms with Gasteiger partial charge in [0.25, 0.3) is 0 Å². The Hall–Kier alpha value is -2.48. The third-order valence-corrected chi connectivity index (χ3v) is 8.55. The molecule has 0 N–H and O–H groups in total. The molecule has 7 nitrogen and oxygen atoms in total. The SMILES string of the molecule is CC(=O)N1CCC(C(=O)N2CC(c3ccc(Cl)c(Cl)c3)C(N(C)C(=O)N(C)c3ccc(Cl)cc3)C2)CC1. The highest BCUT2D eigenvalue weighted by atomic mass is 35.5. The summed E-state index contributed by atoms with van der Waals surface area (Å²) < 4.78 is 0. The first-order chi connectivity index (χ1) is 17.6. The zero-order valence-corrected chi connectivity index (χ0v) is 23.4. The first-order valence-corrected chi connectivity index (χ1v) is 13.5. The molecule has 2 heterocycles. The van der Waals surface area contributed by atoms with Gasteiger partial charge < -0.3 is 14.7 Å². The molecule has 0 saturated carbocycles. The number of likely N-dealkylation sites (N-methyl/N-ethyl adjacent to an activating group) is 1. The Morgan fingerprint density at radius 1 is 0.865 bits per heavy atom. The Labute approximate surface area is 232 Å². The van der Waals surface area contributed by atoms with Crippen molar-refractivity contribution in [3.63, 3.8) is 0 Å². The van der Waals surface area contributed by atoms with Crippen molar-refractivity contribution < 1.29 is 14.4 Å². The van der Waals surface area contributed by atoms with E-state index in [2.05, 4.69) is 0 Å². The average Bonchev–Trinajstić information content (AvgIpc) is 3.34. The molecule has 4 rings (SSSR count). The fourth-order valence-electron chi connectivity index (χ4n) is 5.28. The Kier molecular flexibility index (Phi) is 8.56. The predicted octanol–water partition coefficient (Wildman–Crippen LogP) is 5.39. The number of halogens is 3. The molecule has 2 aliphatic rings. The highest BCUT2D eigenvalue weighted by Gasteiger charge is 2.42. The maximum absolute atomic E-state index is 13.5. The molecular weight excluding hydrogens is 535 g/mol. The zero-order chi connectivity index (χ0) is 26.9. The number of carbonyl (C=O) groups excluding carboxylic acids is 3. The van der Waals surface area contributed by atoms with Crippen LogP contribution in [0.4, 0.5) is 10.5 Å². The molecule has 2 aromatic carbocycles. The van der Waals surface area contributed by atoms with Crippen molar-refractivity contribution in [1.82, 2.24) is 14.7 Å². The molecule has 10 heteroatoms. The van der Waals surface area contributed by atoms with Gasteiger partial charge in [0.05, 0.1) is 16.1 Å². The van der Waals surface area contributed by atoms with Crippen molar-refractivity contribution in [2.24, 2.45) is 5.92 Å². The number of amides is 4. The minimum absolute atomic E-state index is 0.0387. The second-order valence-corrected chi connectivity index (χ2v) is 11.1. The van der Waals surface area contributed by atoms with Gasteiger partial charge in [0.2, 0.25) is 11.8 Å². The smallest absolute Gasteiger partial charge is 0.324 e. The molecule has 0 aliphatic carbocycles. The summed E-state index contributed by atoms with van der Waals surface area (Å²) in [5, 5.41) is 1.49. The summed E-state index contributed by atoms with van der Waals surface area (Å²) in [6, 6.07) is 12.1. The van der Waals surface area contributed by atoms with Gasteiger partial charge in [-0.25, -0.2) is 4.79 Å². The van der Waals surface area contributed by atoms with Gasteiger partial charge in [0.1, 0.15) is 0 Å². The second-order valence-electron chi connectivity index (χ2n) is 9.80. The van der Waals surface area contributed by atoms with E-state index in [1.54, 1.807) is 66.1 Å². The third kappa shape index (κ3) is 6.00. The van der Waals surface area contributed by atoms with Gasteiger partial charge in [-0.3, -0.25) is 14.5 Å². The van der Waals surface area contributed by atoms with Crippen LogP contribution in [0.1, 0.15) is 31.2 Å². The topological polar surface area (TPSA) is 64.2 Å². The Balaban J connectivity index is 1.56. The highest BCUT2D eigenvalue weighted by molar-refractivity contribution is 6.42. The minimum atomic E-state index is -0.263. The van der Waals surface area contributed by atoms with Crippen LogP contribution < -0.4 is 4.90 Å². The molecule has 0 aromatic heterocycles. The zero-order valence-electron chi connectivity index (χ0n) is 21.2. The van der Waals surface area contributed by atoms with Crippen LogP contribution in [0.5, 0.6) is 0 Å². The number of nitrogens with zero attached hydrogens (tertiary/aromatic N) is 4. The molecule has 2 fully saturated rings. The summed E-state index contributed by atoms with van der Waals surface area (Å²) in [6.07, 6.45) is 1.29. The summed E-state index contributed by atoms with van der Waals surface area (Å²) in [5.41, 5.74) is 1.64. The number of likely N-dealkylation sites (tertiary alicyclic amines) is 2. The molecular formula is C27H31Cl3N4O3. The van der Waals surface area contributed by atoms with Gasteiger partial charge in [-0.05, 0) is 54.8 Å². The first kappa shape index (κ1) is 27.6. The molecule has 2 atom stereocenters. The van der Waals surface area contributed by atoms with Gasteiger partial charge >= 0.3 is 6.03 Å². The molecule has 37 heavy (non-hydrogen) atoms. The Morgan fingerprint density at radius 3 is 2.11 bits per heavy atom. The summed E-state index contributed by atoms with van der Waals surface area (Å²) in [6.45, 7) is 3.61. The number of carbonyl (C=O) groups is 3. The van der Waals surface area contributed by atoms with Crippen LogP contribution in [0.25, 0.3) is 0 Å². The maximum atomic E-state index is 13.5. The van der Waals surface area contributed by atoms with E-state index >= 15 is 0 Å². The summed E-state index contributed by atoms with van der Waals surface area (Å²) in [4.78, 5) is 45.7. The lowest BCUT2D eigenvalue weighted by atomic mass is 9.93. The number of piperidine rings is 1. The molecule has 198 valence electrons. The normalized spacial score (nSPS) is 20.2. The summed E-state index contributed by atoms with van der Waals surface area (Å²) in [5.74, 6) is -0.162. The lowest BCUT2D eigenvalue weighted by Gasteiger charge is -2.33. The molecule has 0 bridgehead atoms. The fourth-order valence-corrected chi connectivity index (χ4v) is 5.72. The van der Waals surface area contributed by atoms with Crippen molar-refractivity contribution in [3.8, 4) is 0 Å². The molecule has 2 unspecified atom stereocenters. The number of rotatable bonds is 4. The molecule has 2 aliphatic heterocycles. The summed E-state index contributed by atoms with van der Waals surface area (Å²) >= 11 is 18.5. The van der Waals surface area contributed by atoms with Crippen molar-refractivity contribution >= 4 is 58.3 Å². The lowest BCUT2D eigenvalue weighted by molar-refractivity contribution is -0.139. The van der Waals surface area contributed by atoms with Crippen LogP contribution >= 0.6 is 34.8 Å². The van der Waals surface area contributed by atoms with Crippen LogP contribution in [0, 0.1) is 5.92 Å². The van der Waals surface area contributed by atoms with Gasteiger partial charge in [-0.1, -0.05) is 40.9 Å². The van der Waals surface area contributed by atoms with Gasteiger partial charge in [0.15, 0.2) is 0 Å². The third-order valence-electron chi connectivity index (χ3n) is 7.56. The van der Waals surface area contributed by atoms with E-state index in [0.29, 0.717) is 54.1 Å². The van der Waals surface area contributed by atoms with Gasteiger partial charge in [0, 0.05) is 69.7 Å². The van der Waals surface area contributed by atoms with E-state index in [1.807, 2.05) is 17.0 Å². The standard InChI is InChI=1S/C27H31Cl3N4O3/c1-17(35)33-12-10-18(11-13-33)26(36)34-15-22(19-4-9-23(29)24(30)14-19)25(16-34)32(3)27(37)31(2)21-7-5-20(28)6-8-21/h4-9,14,18,22,25H,10-13,15-16H2,1-3H3. The van der Waals surface area contributed by atoms with Gasteiger partial charge in [-0.15, -0.1) is 0 Å². The van der Waals surface area contributed by atoms with Gasteiger partial charge in [-0.2, -0.15) is 0 Å².